The number of nitriles is 1. The number of anilines is 2. The van der Waals surface area contributed by atoms with Crippen LogP contribution in [0.5, 0.6) is 0 Å². The van der Waals surface area contributed by atoms with Crippen LogP contribution in [0.3, 0.4) is 0 Å². The van der Waals surface area contributed by atoms with Crippen molar-refractivity contribution in [3.63, 3.8) is 0 Å². The van der Waals surface area contributed by atoms with Crippen molar-refractivity contribution in [3.8, 4) is 6.07 Å². The first-order chi connectivity index (χ1) is 28.5. The molecule has 0 radical (unpaired) electrons. The Bertz CT molecular complexity index is 2570. The van der Waals surface area contributed by atoms with Crippen molar-refractivity contribution in [3.05, 3.63) is 82.2 Å². The van der Waals surface area contributed by atoms with E-state index in [2.05, 4.69) is 20.7 Å². The minimum absolute atomic E-state index is 0.142. The number of alkyl halides is 5. The van der Waals surface area contributed by atoms with Crippen LogP contribution in [-0.2, 0) is 22.8 Å². The van der Waals surface area contributed by atoms with Gasteiger partial charge in [0.05, 0.1) is 52.1 Å². The first-order valence-corrected chi connectivity index (χ1v) is 19.6. The van der Waals surface area contributed by atoms with Crippen LogP contribution in [0.4, 0.5) is 33.3 Å². The van der Waals surface area contributed by atoms with E-state index in [0.717, 1.165) is 43.2 Å². The molecule has 14 nitrogen and oxygen atoms in total. The predicted molar refractivity (Wildman–Crippen MR) is 212 cm³/mol. The minimum Gasteiger partial charge on any atom is -0.364 e. The maximum absolute atomic E-state index is 14.8. The zero-order valence-electron chi connectivity index (χ0n) is 33.1. The molecule has 2 aromatic carbocycles. The number of imidazole rings is 1. The number of carbonyl (C=O) groups excluding carboxylic acids is 3. The number of carbonyl (C=O) groups is 3. The molecule has 2 aliphatic heterocycles. The Morgan fingerprint density at radius 3 is 2.42 bits per heavy atom. The second-order valence-electron chi connectivity index (χ2n) is 15.6. The monoisotopic (exact) mass is 834 g/mol. The summed E-state index contributed by atoms with van der Waals surface area (Å²) in [6.45, 7) is -0.0257. The number of aryl methyl sites for hydroxylation is 1. The fourth-order valence-corrected chi connectivity index (χ4v) is 8.40. The molecule has 3 aliphatic rings. The molecule has 2 N–H and O–H groups in total. The van der Waals surface area contributed by atoms with E-state index in [0.29, 0.717) is 34.8 Å². The molecule has 3 aromatic heterocycles. The van der Waals surface area contributed by atoms with Crippen molar-refractivity contribution in [1.29, 1.82) is 5.26 Å². The zero-order chi connectivity index (χ0) is 43.1. The van der Waals surface area contributed by atoms with Crippen molar-refractivity contribution in [1.82, 2.24) is 34.1 Å². The lowest BCUT2D eigenvalue weighted by Crippen LogP contribution is -2.56. The smallest absolute Gasteiger partial charge is 0.364 e. The van der Waals surface area contributed by atoms with Crippen LogP contribution >= 0.6 is 0 Å². The number of rotatable bonds is 6. The second kappa shape index (κ2) is 16.5. The molecule has 2 atom stereocenters. The van der Waals surface area contributed by atoms with Gasteiger partial charge in [0.15, 0.2) is 0 Å². The first-order valence-electron chi connectivity index (χ1n) is 19.6. The Labute approximate surface area is 340 Å². The molecule has 19 heteroatoms. The number of halogens is 5. The van der Waals surface area contributed by atoms with E-state index in [1.807, 2.05) is 16.9 Å². The summed E-state index contributed by atoms with van der Waals surface area (Å²) in [5, 5.41) is 19.6. The van der Waals surface area contributed by atoms with Gasteiger partial charge in [0.25, 0.3) is 11.8 Å². The molecule has 0 spiro atoms. The molecule has 2 unspecified atom stereocenters. The predicted octanol–water partition coefficient (Wildman–Crippen LogP) is 6.17. The number of aromatic nitrogens is 5. The molecule has 0 bridgehead atoms. The third-order valence-electron chi connectivity index (χ3n) is 11.4. The summed E-state index contributed by atoms with van der Waals surface area (Å²) in [6, 6.07) is 12.1. The number of pyridine rings is 1. The van der Waals surface area contributed by atoms with E-state index in [1.165, 1.54) is 21.6 Å². The molecule has 1 saturated carbocycles. The third kappa shape index (κ3) is 8.33. The fourth-order valence-electron chi connectivity index (χ4n) is 8.40. The van der Waals surface area contributed by atoms with Gasteiger partial charge in [-0.15, -0.1) is 0 Å². The van der Waals surface area contributed by atoms with Crippen LogP contribution < -0.4 is 21.2 Å². The van der Waals surface area contributed by atoms with E-state index >= 15 is 0 Å². The number of nitrogens with one attached hydrogen (secondary N) is 2. The Hall–Kier alpha value is -6.16. The number of hydrogen-bond acceptors (Lipinski definition) is 9. The Morgan fingerprint density at radius 2 is 1.75 bits per heavy atom. The SMILES string of the molecule is CN(C)C1CCN(c2cccc3c2n(C)c(=O)n3C2CCC(=O)NC2=O)CC1(F)F.N#Cc1cc2nn(C3CCCCC3)cc2cc1NC(=O)c1cccc(C(F)(F)F)n1. The number of piperidine rings is 2. The van der Waals surface area contributed by atoms with Gasteiger partial charge in [-0.2, -0.15) is 23.5 Å². The third-order valence-corrected chi connectivity index (χ3v) is 11.4. The summed E-state index contributed by atoms with van der Waals surface area (Å²) in [4.78, 5) is 55.9. The van der Waals surface area contributed by atoms with Gasteiger partial charge in [-0.05, 0) is 76.2 Å². The van der Waals surface area contributed by atoms with E-state index in [4.69, 9.17) is 0 Å². The fraction of sp³-hybridized carbons (Fsp3) is 0.439. The normalized spacial score (nSPS) is 19.8. The summed E-state index contributed by atoms with van der Waals surface area (Å²) in [5.74, 6) is -4.62. The van der Waals surface area contributed by atoms with Crippen LogP contribution in [0.15, 0.2) is 59.5 Å². The first kappa shape index (κ1) is 42.0. The highest BCUT2D eigenvalue weighted by Gasteiger charge is 2.46. The molecular formula is C41H43F5N10O4. The molecule has 60 heavy (non-hydrogen) atoms. The summed E-state index contributed by atoms with van der Waals surface area (Å²) < 4.78 is 72.8. The zero-order valence-corrected chi connectivity index (χ0v) is 33.1. The lowest BCUT2D eigenvalue weighted by molar-refractivity contribution is -0.141. The van der Waals surface area contributed by atoms with Gasteiger partial charge in [0.1, 0.15) is 23.5 Å². The molecule has 5 heterocycles. The van der Waals surface area contributed by atoms with Crippen molar-refractivity contribution >= 4 is 51.0 Å². The lowest BCUT2D eigenvalue weighted by atomic mass is 9.96. The van der Waals surface area contributed by atoms with E-state index < -0.39 is 53.9 Å². The van der Waals surface area contributed by atoms with Crippen molar-refractivity contribution in [2.24, 2.45) is 7.05 Å². The van der Waals surface area contributed by atoms with Gasteiger partial charge in [-0.1, -0.05) is 31.4 Å². The van der Waals surface area contributed by atoms with Gasteiger partial charge in [-0.3, -0.25) is 33.5 Å². The number of hydrogen-bond donors (Lipinski definition) is 2. The Morgan fingerprint density at radius 1 is 1.02 bits per heavy atom. The maximum Gasteiger partial charge on any atom is 0.433 e. The highest BCUT2D eigenvalue weighted by Crippen LogP contribution is 2.37. The van der Waals surface area contributed by atoms with Crippen LogP contribution in [0.25, 0.3) is 21.9 Å². The average Bonchev–Trinajstić information content (AvgIpc) is 3.74. The number of benzene rings is 2. The van der Waals surface area contributed by atoms with Gasteiger partial charge >= 0.3 is 11.9 Å². The Kier molecular flexibility index (Phi) is 11.5. The summed E-state index contributed by atoms with van der Waals surface area (Å²) >= 11 is 0. The highest BCUT2D eigenvalue weighted by atomic mass is 19.4. The van der Waals surface area contributed by atoms with Gasteiger partial charge in [-0.25, -0.2) is 18.6 Å². The van der Waals surface area contributed by atoms with Gasteiger partial charge in [0, 0.05) is 31.6 Å². The largest absolute Gasteiger partial charge is 0.433 e. The van der Waals surface area contributed by atoms with E-state index in [1.54, 1.807) is 61.3 Å². The van der Waals surface area contributed by atoms with Gasteiger partial charge in [0.2, 0.25) is 11.8 Å². The molecule has 2 saturated heterocycles. The number of amides is 3. The average molecular weight is 835 g/mol. The number of para-hydroxylation sites is 1. The quantitative estimate of drug-likeness (QED) is 0.151. The molecule has 3 amide bonds. The maximum atomic E-state index is 14.8. The highest BCUT2D eigenvalue weighted by molar-refractivity contribution is 6.05. The minimum atomic E-state index is -4.65. The number of imide groups is 1. The van der Waals surface area contributed by atoms with Crippen LogP contribution in [-0.4, -0.2) is 85.7 Å². The molecular weight excluding hydrogens is 792 g/mol. The topological polar surface area (TPSA) is 163 Å². The summed E-state index contributed by atoms with van der Waals surface area (Å²) in [6.07, 6.45) is 3.49. The Balaban J connectivity index is 0.000000181. The van der Waals surface area contributed by atoms with Crippen molar-refractivity contribution < 1.29 is 36.3 Å². The molecule has 3 fully saturated rings. The molecule has 316 valence electrons. The summed E-state index contributed by atoms with van der Waals surface area (Å²) in [5.41, 5.74) is 0.601. The lowest BCUT2D eigenvalue weighted by Gasteiger charge is -2.42. The molecule has 5 aromatic rings. The standard InChI is InChI=1S/C21H18F3N5O.C20H25F2N5O3/c22-21(23,24)19-8-4-7-16(26-19)20(30)27-17-10-14-12-29(15-5-2-1-3-6-15)28-18(14)9-13(17)11-25;1-24(2)15-9-10-26(11-20(15,21)22)12-5-4-6-13-17(12)25(3)19(30)27(13)14-7-8-16(28)23-18(14)29/h4,7-10,12,15H,1-3,5-6H2,(H,27,30);4-6,14-15H,7-11H2,1-3H3,(H,23,28,29). The second-order valence-corrected chi connectivity index (χ2v) is 15.6. The van der Waals surface area contributed by atoms with Gasteiger partial charge < -0.3 is 15.1 Å². The molecule has 8 rings (SSSR count). The summed E-state index contributed by atoms with van der Waals surface area (Å²) in [7, 11) is 4.87. The van der Waals surface area contributed by atoms with Crippen molar-refractivity contribution in [2.45, 2.75) is 81.6 Å². The van der Waals surface area contributed by atoms with Crippen LogP contribution in [0, 0.1) is 11.3 Å². The van der Waals surface area contributed by atoms with E-state index in [9.17, 15) is 46.4 Å². The number of fused-ring (bicyclic) bond motifs is 2. The van der Waals surface area contributed by atoms with Crippen LogP contribution in [0.1, 0.15) is 85.2 Å². The number of nitrogens with zero attached hydrogens (tertiary/aromatic N) is 8. The van der Waals surface area contributed by atoms with E-state index in [-0.39, 0.29) is 42.1 Å². The van der Waals surface area contributed by atoms with Crippen LogP contribution in [0.2, 0.25) is 0 Å². The molecule has 1 aliphatic carbocycles. The van der Waals surface area contributed by atoms with Crippen molar-refractivity contribution in [2.75, 3.05) is 37.4 Å².